The Balaban J connectivity index is 2.12. The van der Waals surface area contributed by atoms with Gasteiger partial charge in [-0.1, -0.05) is 6.92 Å². The van der Waals surface area contributed by atoms with Crippen LogP contribution in [-0.2, 0) is 10.2 Å². The number of nitrogens with zero attached hydrogens (tertiary/aromatic N) is 2. The molecule has 0 aliphatic carbocycles. The van der Waals surface area contributed by atoms with E-state index in [1.54, 1.807) is 8.61 Å². The molecule has 2 aliphatic heterocycles. The van der Waals surface area contributed by atoms with Gasteiger partial charge in [-0.05, 0) is 31.6 Å². The van der Waals surface area contributed by atoms with Gasteiger partial charge in [0.2, 0.25) is 0 Å². The van der Waals surface area contributed by atoms with Gasteiger partial charge < -0.3 is 5.73 Å². The van der Waals surface area contributed by atoms with Crippen molar-refractivity contribution in [3.8, 4) is 0 Å². The zero-order valence-corrected chi connectivity index (χ0v) is 11.3. The van der Waals surface area contributed by atoms with E-state index >= 15 is 0 Å². The molecule has 0 radical (unpaired) electrons. The molecule has 2 N–H and O–H groups in total. The molecular weight excluding hydrogens is 238 g/mol. The molecule has 0 amide bonds. The van der Waals surface area contributed by atoms with Crippen molar-refractivity contribution in [1.29, 1.82) is 0 Å². The maximum atomic E-state index is 12.5. The average molecular weight is 261 g/mol. The van der Waals surface area contributed by atoms with Crippen LogP contribution in [0.2, 0.25) is 0 Å². The summed E-state index contributed by atoms with van der Waals surface area (Å²) in [6.45, 7) is 4.51. The van der Waals surface area contributed by atoms with E-state index in [0.29, 0.717) is 32.1 Å². The fourth-order valence-electron chi connectivity index (χ4n) is 2.85. The molecule has 6 heteroatoms. The second-order valence-electron chi connectivity index (χ2n) is 5.26. The highest BCUT2D eigenvalue weighted by molar-refractivity contribution is 7.86. The fourth-order valence-corrected chi connectivity index (χ4v) is 4.88. The third-order valence-corrected chi connectivity index (χ3v) is 5.90. The fraction of sp³-hybridized carbons (Fsp3) is 1.00. The predicted octanol–water partition coefficient (Wildman–Crippen LogP) is 0.386. The van der Waals surface area contributed by atoms with Gasteiger partial charge in [-0.2, -0.15) is 17.0 Å². The summed E-state index contributed by atoms with van der Waals surface area (Å²) in [5, 5.41) is 0. The standard InChI is InChI=1S/C11H23N3O2S/c1-10-4-2-6-13(9-10)17(15,16)14-7-3-5-11(14)8-12/h10-11H,2-9,12H2,1H3. The highest BCUT2D eigenvalue weighted by Crippen LogP contribution is 2.26. The molecule has 2 atom stereocenters. The molecule has 5 nitrogen and oxygen atoms in total. The lowest BCUT2D eigenvalue weighted by Gasteiger charge is -2.34. The van der Waals surface area contributed by atoms with Gasteiger partial charge in [0, 0.05) is 32.2 Å². The van der Waals surface area contributed by atoms with Crippen LogP contribution >= 0.6 is 0 Å². The van der Waals surface area contributed by atoms with Crippen molar-refractivity contribution >= 4 is 10.2 Å². The summed E-state index contributed by atoms with van der Waals surface area (Å²) < 4.78 is 28.3. The summed E-state index contributed by atoms with van der Waals surface area (Å²) >= 11 is 0. The summed E-state index contributed by atoms with van der Waals surface area (Å²) in [5.41, 5.74) is 5.65. The monoisotopic (exact) mass is 261 g/mol. The molecule has 0 aromatic rings. The van der Waals surface area contributed by atoms with Gasteiger partial charge in [0.25, 0.3) is 10.2 Å². The van der Waals surface area contributed by atoms with Crippen LogP contribution in [0.3, 0.4) is 0 Å². The van der Waals surface area contributed by atoms with Gasteiger partial charge in [-0.3, -0.25) is 0 Å². The lowest BCUT2D eigenvalue weighted by atomic mass is 10.0. The molecule has 0 saturated carbocycles. The Labute approximate surface area is 104 Å². The van der Waals surface area contributed by atoms with Crippen LogP contribution < -0.4 is 5.73 Å². The Morgan fingerprint density at radius 3 is 2.59 bits per heavy atom. The number of hydrogen-bond donors (Lipinski definition) is 1. The van der Waals surface area contributed by atoms with Crippen LogP contribution in [0.25, 0.3) is 0 Å². The number of piperidine rings is 1. The summed E-state index contributed by atoms with van der Waals surface area (Å²) in [5.74, 6) is 0.470. The molecule has 2 saturated heterocycles. The topological polar surface area (TPSA) is 66.6 Å². The molecule has 0 aromatic heterocycles. The largest absolute Gasteiger partial charge is 0.329 e. The minimum Gasteiger partial charge on any atom is -0.329 e. The number of hydrogen-bond acceptors (Lipinski definition) is 3. The third-order valence-electron chi connectivity index (χ3n) is 3.84. The zero-order chi connectivity index (χ0) is 12.5. The minimum atomic E-state index is -3.27. The first-order chi connectivity index (χ1) is 8.05. The second kappa shape index (κ2) is 5.22. The van der Waals surface area contributed by atoms with E-state index in [-0.39, 0.29) is 6.04 Å². The maximum absolute atomic E-state index is 12.5. The first-order valence-electron chi connectivity index (χ1n) is 6.52. The SMILES string of the molecule is CC1CCCN(S(=O)(=O)N2CCCC2CN)C1. The molecule has 2 unspecified atom stereocenters. The highest BCUT2D eigenvalue weighted by atomic mass is 32.2. The molecular formula is C11H23N3O2S. The van der Waals surface area contributed by atoms with Gasteiger partial charge in [0.05, 0.1) is 0 Å². The van der Waals surface area contributed by atoms with Crippen LogP contribution in [0, 0.1) is 5.92 Å². The summed E-state index contributed by atoms with van der Waals surface area (Å²) in [7, 11) is -3.27. The zero-order valence-electron chi connectivity index (χ0n) is 10.5. The molecule has 0 aromatic carbocycles. The number of rotatable bonds is 3. The Bertz CT molecular complexity index is 358. The molecule has 100 valence electrons. The molecule has 0 bridgehead atoms. The van der Waals surface area contributed by atoms with Crippen LogP contribution in [0.1, 0.15) is 32.6 Å². The Morgan fingerprint density at radius 2 is 1.94 bits per heavy atom. The number of nitrogens with two attached hydrogens (primary N) is 1. The van der Waals surface area contributed by atoms with Gasteiger partial charge in [0.1, 0.15) is 0 Å². The normalized spacial score (nSPS) is 33.1. The average Bonchev–Trinajstić information content (AvgIpc) is 2.77. The third kappa shape index (κ3) is 2.65. The molecule has 2 aliphatic rings. The van der Waals surface area contributed by atoms with E-state index in [1.165, 1.54) is 0 Å². The van der Waals surface area contributed by atoms with Crippen LogP contribution in [0.4, 0.5) is 0 Å². The smallest absolute Gasteiger partial charge is 0.282 e. The van der Waals surface area contributed by atoms with Crippen molar-refractivity contribution in [2.24, 2.45) is 11.7 Å². The van der Waals surface area contributed by atoms with E-state index in [9.17, 15) is 8.42 Å². The van der Waals surface area contributed by atoms with Crippen molar-refractivity contribution in [3.05, 3.63) is 0 Å². The van der Waals surface area contributed by atoms with Gasteiger partial charge >= 0.3 is 0 Å². The summed E-state index contributed by atoms with van der Waals surface area (Å²) in [4.78, 5) is 0. The quantitative estimate of drug-likeness (QED) is 0.799. The first-order valence-corrected chi connectivity index (χ1v) is 7.92. The lowest BCUT2D eigenvalue weighted by Crippen LogP contribution is -2.50. The van der Waals surface area contributed by atoms with E-state index in [2.05, 4.69) is 6.92 Å². The van der Waals surface area contributed by atoms with E-state index in [0.717, 1.165) is 25.7 Å². The Morgan fingerprint density at radius 1 is 1.24 bits per heavy atom. The van der Waals surface area contributed by atoms with Crippen molar-refractivity contribution in [2.45, 2.75) is 38.6 Å². The Kier molecular flexibility index (Phi) is 4.07. The van der Waals surface area contributed by atoms with Gasteiger partial charge in [-0.25, -0.2) is 0 Å². The minimum absolute atomic E-state index is 0.0113. The molecule has 2 fully saturated rings. The van der Waals surface area contributed by atoms with Crippen LogP contribution in [-0.4, -0.2) is 49.2 Å². The first kappa shape index (κ1) is 13.3. The van der Waals surface area contributed by atoms with Gasteiger partial charge in [0.15, 0.2) is 0 Å². The highest BCUT2D eigenvalue weighted by Gasteiger charge is 2.38. The Hall–Kier alpha value is -0.170. The maximum Gasteiger partial charge on any atom is 0.282 e. The van der Waals surface area contributed by atoms with Crippen molar-refractivity contribution < 1.29 is 8.42 Å². The summed E-state index contributed by atoms with van der Waals surface area (Å²) in [6.07, 6.45) is 3.94. The molecule has 2 heterocycles. The van der Waals surface area contributed by atoms with Crippen molar-refractivity contribution in [3.63, 3.8) is 0 Å². The summed E-state index contributed by atoms with van der Waals surface area (Å²) in [6, 6.07) is 0.0113. The molecule has 2 rings (SSSR count). The van der Waals surface area contributed by atoms with Gasteiger partial charge in [-0.15, -0.1) is 0 Å². The second-order valence-corrected chi connectivity index (χ2v) is 7.14. The molecule has 0 spiro atoms. The van der Waals surface area contributed by atoms with E-state index in [1.807, 2.05) is 0 Å². The van der Waals surface area contributed by atoms with Crippen molar-refractivity contribution in [2.75, 3.05) is 26.2 Å². The molecule has 17 heavy (non-hydrogen) atoms. The van der Waals surface area contributed by atoms with Crippen LogP contribution in [0.5, 0.6) is 0 Å². The van der Waals surface area contributed by atoms with Crippen LogP contribution in [0.15, 0.2) is 0 Å². The van der Waals surface area contributed by atoms with Crippen molar-refractivity contribution in [1.82, 2.24) is 8.61 Å². The van der Waals surface area contributed by atoms with E-state index < -0.39 is 10.2 Å². The predicted molar refractivity (Wildman–Crippen MR) is 67.7 cm³/mol. The lowest BCUT2D eigenvalue weighted by molar-refractivity contribution is 0.254. The van der Waals surface area contributed by atoms with E-state index in [4.69, 9.17) is 5.73 Å².